The highest BCUT2D eigenvalue weighted by Crippen LogP contribution is 2.35. The van der Waals surface area contributed by atoms with Crippen molar-refractivity contribution in [3.63, 3.8) is 0 Å². The van der Waals surface area contributed by atoms with Crippen molar-refractivity contribution in [2.24, 2.45) is 11.8 Å². The summed E-state index contributed by atoms with van der Waals surface area (Å²) in [6.45, 7) is 8.84. The fourth-order valence-corrected chi connectivity index (χ4v) is 5.20. The van der Waals surface area contributed by atoms with E-state index in [1.165, 1.54) is 34.9 Å². The van der Waals surface area contributed by atoms with Gasteiger partial charge in [-0.25, -0.2) is 9.97 Å². The topological polar surface area (TPSA) is 38.9 Å². The second kappa shape index (κ2) is 7.61. The first-order valence-electron chi connectivity index (χ1n) is 8.94. The van der Waals surface area contributed by atoms with Crippen molar-refractivity contribution < 1.29 is 4.42 Å². The molecule has 0 radical (unpaired) electrons. The third-order valence-electron chi connectivity index (χ3n) is 4.89. The molecule has 0 aliphatic heterocycles. The quantitative estimate of drug-likeness (QED) is 0.602. The molecule has 24 heavy (non-hydrogen) atoms. The lowest BCUT2D eigenvalue weighted by Crippen LogP contribution is -2.18. The molecule has 2 heterocycles. The van der Waals surface area contributed by atoms with E-state index >= 15 is 0 Å². The van der Waals surface area contributed by atoms with Crippen LogP contribution in [0.1, 0.15) is 70.0 Å². The van der Waals surface area contributed by atoms with Gasteiger partial charge in [0.2, 0.25) is 5.89 Å². The molecule has 5 heteroatoms. The van der Waals surface area contributed by atoms with Gasteiger partial charge in [-0.1, -0.05) is 47.0 Å². The van der Waals surface area contributed by atoms with Crippen molar-refractivity contribution in [1.82, 2.24) is 9.97 Å². The summed E-state index contributed by atoms with van der Waals surface area (Å²) in [4.78, 5) is 9.05. The number of aromatic nitrogens is 2. The van der Waals surface area contributed by atoms with Crippen molar-refractivity contribution in [2.75, 3.05) is 0 Å². The summed E-state index contributed by atoms with van der Waals surface area (Å²) in [6, 6.07) is 0. The molecule has 1 fully saturated rings. The van der Waals surface area contributed by atoms with Gasteiger partial charge in [0.1, 0.15) is 5.76 Å². The Bertz CT molecular complexity index is 656. The zero-order valence-electron chi connectivity index (χ0n) is 15.2. The first kappa shape index (κ1) is 18.0. The first-order valence-corrected chi connectivity index (χ1v) is 10.7. The van der Waals surface area contributed by atoms with Crippen LogP contribution in [0.4, 0.5) is 0 Å². The molecule has 2 atom stereocenters. The summed E-state index contributed by atoms with van der Waals surface area (Å²) < 4.78 is 7.13. The van der Waals surface area contributed by atoms with Gasteiger partial charge >= 0.3 is 0 Å². The fourth-order valence-electron chi connectivity index (χ4n) is 3.23. The minimum atomic E-state index is 0.0181. The molecule has 1 aliphatic carbocycles. The largest absolute Gasteiger partial charge is 0.444 e. The minimum Gasteiger partial charge on any atom is -0.444 e. The molecular formula is C19H28N2OS2. The summed E-state index contributed by atoms with van der Waals surface area (Å²) in [6.07, 6.45) is 10.6. The Balaban J connectivity index is 1.53. The standard InChI is InChI=1S/C19H28N2OS2/c1-13-7-5-6-8-14(13)9-17-21-11-18(24-17)23-12-16-20-10-15(22-16)19(2,3)4/h10-11,13-14H,5-9,12H2,1-4H3/t13-,14-/m0/s1. The van der Waals surface area contributed by atoms with E-state index in [1.54, 1.807) is 11.8 Å². The van der Waals surface area contributed by atoms with Gasteiger partial charge in [-0.05, 0) is 18.3 Å². The predicted molar refractivity (Wildman–Crippen MR) is 102 cm³/mol. The van der Waals surface area contributed by atoms with E-state index in [1.807, 2.05) is 23.7 Å². The number of oxazole rings is 1. The van der Waals surface area contributed by atoms with E-state index < -0.39 is 0 Å². The lowest BCUT2D eigenvalue weighted by atomic mass is 9.79. The van der Waals surface area contributed by atoms with Crippen LogP contribution in [-0.2, 0) is 17.6 Å². The minimum absolute atomic E-state index is 0.0181. The molecule has 1 saturated carbocycles. The van der Waals surface area contributed by atoms with Crippen LogP contribution in [0.25, 0.3) is 0 Å². The zero-order chi connectivity index (χ0) is 17.2. The molecule has 0 aromatic carbocycles. The van der Waals surface area contributed by atoms with Gasteiger partial charge in [0.05, 0.1) is 27.4 Å². The summed E-state index contributed by atoms with van der Waals surface area (Å²) in [7, 11) is 0. The number of nitrogens with zero attached hydrogens (tertiary/aromatic N) is 2. The van der Waals surface area contributed by atoms with Crippen molar-refractivity contribution in [1.29, 1.82) is 0 Å². The molecule has 0 amide bonds. The molecule has 0 saturated heterocycles. The van der Waals surface area contributed by atoms with E-state index in [0.717, 1.165) is 35.7 Å². The third kappa shape index (κ3) is 4.63. The van der Waals surface area contributed by atoms with Gasteiger partial charge in [-0.2, -0.15) is 0 Å². The monoisotopic (exact) mass is 364 g/mol. The Morgan fingerprint density at radius 2 is 2.00 bits per heavy atom. The second-order valence-electron chi connectivity index (χ2n) is 7.96. The average molecular weight is 365 g/mol. The van der Waals surface area contributed by atoms with Crippen LogP contribution in [-0.4, -0.2) is 9.97 Å². The van der Waals surface area contributed by atoms with Crippen LogP contribution in [0.2, 0.25) is 0 Å². The van der Waals surface area contributed by atoms with Crippen LogP contribution in [0.3, 0.4) is 0 Å². The van der Waals surface area contributed by atoms with Crippen molar-refractivity contribution in [2.45, 2.75) is 75.2 Å². The number of hydrogen-bond acceptors (Lipinski definition) is 5. The highest BCUT2D eigenvalue weighted by molar-refractivity contribution is 8.00. The van der Waals surface area contributed by atoms with Crippen LogP contribution in [0.5, 0.6) is 0 Å². The Morgan fingerprint density at radius 3 is 2.71 bits per heavy atom. The Labute approximate surface area is 153 Å². The average Bonchev–Trinajstić information content (AvgIpc) is 3.16. The van der Waals surface area contributed by atoms with Gasteiger partial charge in [0.15, 0.2) is 0 Å². The maximum Gasteiger partial charge on any atom is 0.204 e. The lowest BCUT2D eigenvalue weighted by Gasteiger charge is -2.27. The molecule has 2 aromatic rings. The first-order chi connectivity index (χ1) is 11.4. The molecule has 1 aliphatic rings. The van der Waals surface area contributed by atoms with Crippen molar-refractivity contribution in [3.05, 3.63) is 29.1 Å². The van der Waals surface area contributed by atoms with Crippen LogP contribution < -0.4 is 0 Å². The highest BCUT2D eigenvalue weighted by atomic mass is 32.2. The van der Waals surface area contributed by atoms with Crippen molar-refractivity contribution >= 4 is 23.1 Å². The predicted octanol–water partition coefficient (Wildman–Crippen LogP) is 6.09. The summed E-state index contributed by atoms with van der Waals surface area (Å²) in [5.74, 6) is 4.21. The molecule has 0 N–H and O–H groups in total. The van der Waals surface area contributed by atoms with Gasteiger partial charge in [-0.15, -0.1) is 23.1 Å². The summed E-state index contributed by atoms with van der Waals surface area (Å²) >= 11 is 3.62. The smallest absolute Gasteiger partial charge is 0.204 e. The third-order valence-corrected chi connectivity index (χ3v) is 7.09. The van der Waals surface area contributed by atoms with Gasteiger partial charge < -0.3 is 4.42 Å². The molecule has 0 spiro atoms. The van der Waals surface area contributed by atoms with E-state index in [0.29, 0.717) is 0 Å². The van der Waals surface area contributed by atoms with Crippen LogP contribution in [0, 0.1) is 11.8 Å². The lowest BCUT2D eigenvalue weighted by molar-refractivity contribution is 0.254. The Kier molecular flexibility index (Phi) is 5.70. The maximum absolute atomic E-state index is 5.86. The maximum atomic E-state index is 5.86. The zero-order valence-corrected chi connectivity index (χ0v) is 16.8. The molecule has 3 rings (SSSR count). The number of rotatable bonds is 5. The van der Waals surface area contributed by atoms with Gasteiger partial charge in [0, 0.05) is 11.8 Å². The Hall–Kier alpha value is -0.810. The summed E-state index contributed by atoms with van der Waals surface area (Å²) in [5, 5.41) is 1.29. The van der Waals surface area contributed by atoms with E-state index in [4.69, 9.17) is 4.42 Å². The number of hydrogen-bond donors (Lipinski definition) is 0. The molecule has 132 valence electrons. The van der Waals surface area contributed by atoms with Crippen LogP contribution in [0.15, 0.2) is 21.0 Å². The van der Waals surface area contributed by atoms with Gasteiger partial charge in [-0.3, -0.25) is 0 Å². The van der Waals surface area contributed by atoms with Gasteiger partial charge in [0.25, 0.3) is 0 Å². The van der Waals surface area contributed by atoms with Crippen molar-refractivity contribution in [3.8, 4) is 0 Å². The van der Waals surface area contributed by atoms with Crippen LogP contribution >= 0.6 is 23.1 Å². The number of thioether (sulfide) groups is 1. The second-order valence-corrected chi connectivity index (χ2v) is 10.3. The van der Waals surface area contributed by atoms with E-state index in [-0.39, 0.29) is 5.41 Å². The molecule has 0 bridgehead atoms. The van der Waals surface area contributed by atoms with E-state index in [9.17, 15) is 0 Å². The molecular weight excluding hydrogens is 336 g/mol. The fraction of sp³-hybridized carbons (Fsp3) is 0.684. The van der Waals surface area contributed by atoms with E-state index in [2.05, 4.69) is 37.7 Å². The highest BCUT2D eigenvalue weighted by Gasteiger charge is 2.23. The number of thiazole rings is 1. The molecule has 2 aromatic heterocycles. The normalized spacial score (nSPS) is 22.0. The Morgan fingerprint density at radius 1 is 1.21 bits per heavy atom. The molecule has 3 nitrogen and oxygen atoms in total. The SMILES string of the molecule is C[C@H]1CCCC[C@H]1Cc1ncc(SCc2ncc(C(C)(C)C)o2)s1. The molecule has 0 unspecified atom stereocenters. The summed E-state index contributed by atoms with van der Waals surface area (Å²) in [5.41, 5.74) is 0.0181.